The summed E-state index contributed by atoms with van der Waals surface area (Å²) < 4.78 is 5.20. The predicted octanol–water partition coefficient (Wildman–Crippen LogP) is 2.05. The third kappa shape index (κ3) is 4.95. The largest absolute Gasteiger partial charge is 0.312 e. The molecule has 0 aliphatic rings. The van der Waals surface area contributed by atoms with E-state index in [1.807, 2.05) is 13.8 Å². The summed E-state index contributed by atoms with van der Waals surface area (Å²) in [5.41, 5.74) is 0. The summed E-state index contributed by atoms with van der Waals surface area (Å²) in [4.78, 5) is 12.7. The monoisotopic (exact) mass is 203 g/mol. The predicted molar refractivity (Wildman–Crippen MR) is 56.3 cm³/mol. The maximum absolute atomic E-state index is 11.1. The van der Waals surface area contributed by atoms with Crippen LogP contribution in [0.25, 0.3) is 0 Å². The lowest BCUT2D eigenvalue weighted by molar-refractivity contribution is -0.132. The molecule has 0 spiro atoms. The minimum atomic E-state index is 0.00380. The smallest absolute Gasteiger partial charge is 0.221 e. The molecule has 4 heteroatoms. The SMILES string of the molecule is C=CC(C)N(COSCC)C(C)=O. The molecule has 76 valence electrons. The molecule has 0 aromatic rings. The van der Waals surface area contributed by atoms with Crippen LogP contribution in [0.15, 0.2) is 12.7 Å². The number of carbonyl (C=O) groups is 1. The lowest BCUT2D eigenvalue weighted by atomic mass is 10.3. The molecule has 0 saturated carbocycles. The average Bonchev–Trinajstić information content (AvgIpc) is 2.11. The van der Waals surface area contributed by atoms with Gasteiger partial charge in [-0.05, 0) is 19.0 Å². The van der Waals surface area contributed by atoms with Crippen LogP contribution in [-0.4, -0.2) is 29.3 Å². The minimum absolute atomic E-state index is 0.00380. The van der Waals surface area contributed by atoms with E-state index < -0.39 is 0 Å². The number of carbonyl (C=O) groups excluding carboxylic acids is 1. The van der Waals surface area contributed by atoms with Crippen molar-refractivity contribution in [1.29, 1.82) is 0 Å². The third-order valence-electron chi connectivity index (χ3n) is 1.63. The van der Waals surface area contributed by atoms with Gasteiger partial charge in [-0.15, -0.1) is 6.58 Å². The molecule has 1 unspecified atom stereocenters. The van der Waals surface area contributed by atoms with Gasteiger partial charge in [-0.3, -0.25) is 8.98 Å². The molecule has 0 aromatic heterocycles. The van der Waals surface area contributed by atoms with Gasteiger partial charge in [0.25, 0.3) is 0 Å². The lowest BCUT2D eigenvalue weighted by Crippen LogP contribution is -2.36. The molecular formula is C9H17NO2S. The van der Waals surface area contributed by atoms with E-state index in [0.717, 1.165) is 5.75 Å². The highest BCUT2D eigenvalue weighted by molar-refractivity contribution is 7.94. The molecule has 0 rings (SSSR count). The van der Waals surface area contributed by atoms with E-state index in [9.17, 15) is 4.79 Å². The lowest BCUT2D eigenvalue weighted by Gasteiger charge is -2.24. The van der Waals surface area contributed by atoms with Crippen LogP contribution in [-0.2, 0) is 8.98 Å². The molecule has 1 amide bonds. The second-order valence-electron chi connectivity index (χ2n) is 2.62. The van der Waals surface area contributed by atoms with E-state index >= 15 is 0 Å². The minimum Gasteiger partial charge on any atom is -0.312 e. The van der Waals surface area contributed by atoms with Gasteiger partial charge in [0, 0.05) is 18.7 Å². The summed E-state index contributed by atoms with van der Waals surface area (Å²) in [6.07, 6.45) is 1.72. The van der Waals surface area contributed by atoms with Gasteiger partial charge in [-0.2, -0.15) is 0 Å². The second kappa shape index (κ2) is 6.97. The van der Waals surface area contributed by atoms with Crippen LogP contribution in [0.5, 0.6) is 0 Å². The van der Waals surface area contributed by atoms with Crippen molar-refractivity contribution in [2.45, 2.75) is 26.8 Å². The summed E-state index contributed by atoms with van der Waals surface area (Å²) in [5.74, 6) is 0.887. The van der Waals surface area contributed by atoms with Crippen molar-refractivity contribution in [3.8, 4) is 0 Å². The van der Waals surface area contributed by atoms with E-state index in [-0.39, 0.29) is 11.9 Å². The molecule has 0 saturated heterocycles. The molecule has 3 nitrogen and oxygen atoms in total. The van der Waals surface area contributed by atoms with Crippen molar-refractivity contribution in [2.24, 2.45) is 0 Å². The molecule has 0 fully saturated rings. The fourth-order valence-electron chi connectivity index (χ4n) is 0.800. The third-order valence-corrected chi connectivity index (χ3v) is 2.14. The van der Waals surface area contributed by atoms with E-state index in [1.165, 1.54) is 19.0 Å². The van der Waals surface area contributed by atoms with E-state index in [2.05, 4.69) is 6.58 Å². The molecule has 0 heterocycles. The highest BCUT2D eigenvalue weighted by atomic mass is 32.2. The Morgan fingerprint density at radius 3 is 2.77 bits per heavy atom. The Labute approximate surface area is 84.3 Å². The molecule has 0 radical (unpaired) electrons. The Balaban J connectivity index is 3.95. The van der Waals surface area contributed by atoms with Crippen LogP contribution in [0.2, 0.25) is 0 Å². The Morgan fingerprint density at radius 2 is 2.38 bits per heavy atom. The van der Waals surface area contributed by atoms with Gasteiger partial charge >= 0.3 is 0 Å². The summed E-state index contributed by atoms with van der Waals surface area (Å²) in [6, 6.07) is 0.0231. The fraction of sp³-hybridized carbons (Fsp3) is 0.667. The van der Waals surface area contributed by atoms with E-state index in [0.29, 0.717) is 6.73 Å². The number of amides is 1. The number of nitrogens with zero attached hydrogens (tertiary/aromatic N) is 1. The van der Waals surface area contributed by atoms with Gasteiger partial charge in [-0.25, -0.2) is 0 Å². The second-order valence-corrected chi connectivity index (χ2v) is 3.67. The maximum atomic E-state index is 11.1. The molecule has 0 aliphatic carbocycles. The normalized spacial score (nSPS) is 12.2. The van der Waals surface area contributed by atoms with Gasteiger partial charge in [-0.1, -0.05) is 13.0 Å². The van der Waals surface area contributed by atoms with Crippen molar-refractivity contribution < 1.29 is 8.98 Å². The quantitative estimate of drug-likeness (QED) is 0.286. The number of hydrogen-bond acceptors (Lipinski definition) is 3. The van der Waals surface area contributed by atoms with Crippen molar-refractivity contribution in [3.05, 3.63) is 12.7 Å². The van der Waals surface area contributed by atoms with Crippen LogP contribution >= 0.6 is 12.0 Å². The van der Waals surface area contributed by atoms with Crippen molar-refractivity contribution in [1.82, 2.24) is 4.90 Å². The molecule has 1 atom stereocenters. The van der Waals surface area contributed by atoms with Crippen LogP contribution in [0.1, 0.15) is 20.8 Å². The Hall–Kier alpha value is -0.480. The van der Waals surface area contributed by atoms with Crippen LogP contribution in [0.4, 0.5) is 0 Å². The van der Waals surface area contributed by atoms with Crippen LogP contribution in [0.3, 0.4) is 0 Å². The van der Waals surface area contributed by atoms with Gasteiger partial charge in [0.1, 0.15) is 6.73 Å². The van der Waals surface area contributed by atoms with E-state index in [4.69, 9.17) is 4.18 Å². The molecule has 0 N–H and O–H groups in total. The first-order valence-electron chi connectivity index (χ1n) is 4.27. The Bertz CT molecular complexity index is 173. The molecule has 0 aromatic carbocycles. The highest BCUT2D eigenvalue weighted by Crippen LogP contribution is 2.06. The van der Waals surface area contributed by atoms with Crippen molar-refractivity contribution in [3.63, 3.8) is 0 Å². The summed E-state index contributed by atoms with van der Waals surface area (Å²) in [7, 11) is 0. The zero-order valence-electron chi connectivity index (χ0n) is 8.45. The average molecular weight is 203 g/mol. The Kier molecular flexibility index (Phi) is 6.72. The molecule has 0 bridgehead atoms. The first-order valence-corrected chi connectivity index (χ1v) is 5.18. The van der Waals surface area contributed by atoms with Gasteiger partial charge in [0.2, 0.25) is 5.91 Å². The summed E-state index contributed by atoms with van der Waals surface area (Å²) in [6.45, 7) is 9.39. The van der Waals surface area contributed by atoms with Crippen molar-refractivity contribution >= 4 is 17.9 Å². The number of hydrogen-bond donors (Lipinski definition) is 0. The molecular weight excluding hydrogens is 186 g/mol. The van der Waals surface area contributed by atoms with Gasteiger partial charge in [0.15, 0.2) is 0 Å². The highest BCUT2D eigenvalue weighted by Gasteiger charge is 2.13. The zero-order chi connectivity index (χ0) is 10.3. The van der Waals surface area contributed by atoms with Gasteiger partial charge in [0.05, 0.1) is 0 Å². The summed E-state index contributed by atoms with van der Waals surface area (Å²) in [5, 5.41) is 0. The first-order chi connectivity index (χ1) is 6.13. The topological polar surface area (TPSA) is 29.5 Å². The zero-order valence-corrected chi connectivity index (χ0v) is 9.26. The first kappa shape index (κ1) is 12.5. The maximum Gasteiger partial charge on any atom is 0.221 e. The van der Waals surface area contributed by atoms with E-state index in [1.54, 1.807) is 11.0 Å². The van der Waals surface area contributed by atoms with Crippen molar-refractivity contribution in [2.75, 3.05) is 12.5 Å². The summed E-state index contributed by atoms with van der Waals surface area (Å²) >= 11 is 1.35. The van der Waals surface area contributed by atoms with Crippen LogP contribution in [0, 0.1) is 0 Å². The molecule has 0 aliphatic heterocycles. The fourth-order valence-corrected chi connectivity index (χ4v) is 1.15. The van der Waals surface area contributed by atoms with Gasteiger partial charge < -0.3 is 4.90 Å². The standard InChI is InChI=1S/C9H17NO2S/c1-5-8(3)10(9(4)11)7-12-13-6-2/h5,8H,1,6-7H2,2-4H3. The van der Waals surface area contributed by atoms with Crippen LogP contribution < -0.4 is 0 Å². The number of rotatable bonds is 6. The Morgan fingerprint density at radius 1 is 1.77 bits per heavy atom. The molecule has 13 heavy (non-hydrogen) atoms.